The van der Waals surface area contributed by atoms with Crippen LogP contribution in [0.4, 0.5) is 5.95 Å². The lowest BCUT2D eigenvalue weighted by molar-refractivity contribution is -0.106. The largest absolute Gasteiger partial charge is 0.341 e. The zero-order valence-corrected chi connectivity index (χ0v) is 17.2. The number of carbonyl (C=O) groups excluding carboxylic acids is 1. The summed E-state index contributed by atoms with van der Waals surface area (Å²) in [4.78, 5) is 20.5. The van der Waals surface area contributed by atoms with E-state index < -0.39 is 0 Å². The molecule has 3 aliphatic rings. The number of aromatic nitrogens is 2. The highest BCUT2D eigenvalue weighted by atomic mass is 16.1. The Balaban J connectivity index is 0.000000444. The van der Waals surface area contributed by atoms with Crippen LogP contribution in [-0.4, -0.2) is 29.3 Å². The van der Waals surface area contributed by atoms with Crippen LogP contribution < -0.4 is 4.90 Å². The lowest BCUT2D eigenvalue weighted by Crippen LogP contribution is -2.41. The van der Waals surface area contributed by atoms with Gasteiger partial charge in [-0.25, -0.2) is 9.97 Å². The molecule has 3 fully saturated rings. The van der Waals surface area contributed by atoms with Gasteiger partial charge in [-0.2, -0.15) is 0 Å². The minimum Gasteiger partial charge on any atom is -0.341 e. The van der Waals surface area contributed by atoms with Crippen molar-refractivity contribution in [2.45, 2.75) is 85.0 Å². The Hall–Kier alpha value is -1.45. The third-order valence-electron chi connectivity index (χ3n) is 6.38. The van der Waals surface area contributed by atoms with Crippen molar-refractivity contribution in [3.05, 3.63) is 18.0 Å². The van der Waals surface area contributed by atoms with Crippen molar-refractivity contribution in [1.82, 2.24) is 9.97 Å². The standard InChI is InChI=1S/C18H27N3.C2H4O.C2H6/c1-2-14-4-8-21(9-5-14)17-19-12-16(13-20-17)15-10-18(11-15)6-3-7-18;1-2-3;1-2/h12-15H,2-11H2,1H3;2H,1H3;1-2H3. The molecule has 2 saturated carbocycles. The lowest BCUT2D eigenvalue weighted by atomic mass is 9.51. The van der Waals surface area contributed by atoms with Gasteiger partial charge in [0.1, 0.15) is 6.29 Å². The molecule has 0 radical (unpaired) electrons. The van der Waals surface area contributed by atoms with Crippen LogP contribution in [0.15, 0.2) is 12.4 Å². The smallest absolute Gasteiger partial charge is 0.225 e. The van der Waals surface area contributed by atoms with Crippen LogP contribution in [0.5, 0.6) is 0 Å². The summed E-state index contributed by atoms with van der Waals surface area (Å²) < 4.78 is 0. The van der Waals surface area contributed by atoms with Crippen LogP contribution in [0.2, 0.25) is 0 Å². The fourth-order valence-electron chi connectivity index (χ4n) is 4.55. The molecule has 1 aromatic rings. The highest BCUT2D eigenvalue weighted by Gasteiger charge is 2.48. The Morgan fingerprint density at radius 1 is 1.15 bits per heavy atom. The Kier molecular flexibility index (Phi) is 8.05. The molecule has 0 aromatic carbocycles. The van der Waals surface area contributed by atoms with Gasteiger partial charge in [-0.15, -0.1) is 0 Å². The highest BCUT2D eigenvalue weighted by molar-refractivity contribution is 5.44. The van der Waals surface area contributed by atoms with E-state index in [0.29, 0.717) is 0 Å². The van der Waals surface area contributed by atoms with Gasteiger partial charge >= 0.3 is 0 Å². The molecule has 146 valence electrons. The number of anilines is 1. The first-order valence-corrected chi connectivity index (χ1v) is 10.7. The molecule has 1 aromatic heterocycles. The summed E-state index contributed by atoms with van der Waals surface area (Å²) in [6.45, 7) is 10.0. The Labute approximate surface area is 159 Å². The van der Waals surface area contributed by atoms with E-state index in [1.54, 1.807) is 0 Å². The van der Waals surface area contributed by atoms with E-state index in [2.05, 4.69) is 34.2 Å². The predicted molar refractivity (Wildman–Crippen MR) is 109 cm³/mol. The van der Waals surface area contributed by atoms with Crippen LogP contribution in [0, 0.1) is 11.3 Å². The third-order valence-corrected chi connectivity index (χ3v) is 6.38. The van der Waals surface area contributed by atoms with Crippen LogP contribution in [0.3, 0.4) is 0 Å². The van der Waals surface area contributed by atoms with Crippen molar-refractivity contribution >= 4 is 12.2 Å². The lowest BCUT2D eigenvalue weighted by Gasteiger charge is -2.54. The molecule has 2 heterocycles. The van der Waals surface area contributed by atoms with Crippen molar-refractivity contribution in [3.8, 4) is 0 Å². The van der Waals surface area contributed by atoms with E-state index in [1.807, 2.05) is 13.8 Å². The number of nitrogens with zero attached hydrogens (tertiary/aromatic N) is 3. The average molecular weight is 360 g/mol. The summed E-state index contributed by atoms with van der Waals surface area (Å²) in [5.41, 5.74) is 2.12. The summed E-state index contributed by atoms with van der Waals surface area (Å²) in [5.74, 6) is 2.60. The monoisotopic (exact) mass is 359 g/mol. The normalized spacial score (nSPS) is 21.5. The molecule has 1 saturated heterocycles. The maximum atomic E-state index is 8.81. The summed E-state index contributed by atoms with van der Waals surface area (Å²) in [6.07, 6.45) is 16.0. The molecule has 2 aliphatic carbocycles. The van der Waals surface area contributed by atoms with Crippen molar-refractivity contribution in [1.29, 1.82) is 0 Å². The molecular weight excluding hydrogens is 322 g/mol. The molecule has 0 amide bonds. The Morgan fingerprint density at radius 2 is 1.69 bits per heavy atom. The first-order chi connectivity index (χ1) is 12.7. The molecule has 0 atom stereocenters. The number of hydrogen-bond donors (Lipinski definition) is 0. The second-order valence-electron chi connectivity index (χ2n) is 7.85. The van der Waals surface area contributed by atoms with Crippen molar-refractivity contribution in [3.63, 3.8) is 0 Å². The zero-order chi connectivity index (χ0) is 19.0. The third kappa shape index (κ3) is 4.83. The van der Waals surface area contributed by atoms with Crippen LogP contribution in [-0.2, 0) is 4.79 Å². The van der Waals surface area contributed by atoms with Gasteiger partial charge in [0.2, 0.25) is 5.95 Å². The van der Waals surface area contributed by atoms with Crippen molar-refractivity contribution in [2.24, 2.45) is 11.3 Å². The molecular formula is C22H37N3O. The number of piperidine rings is 1. The molecule has 4 heteroatoms. The highest BCUT2D eigenvalue weighted by Crippen LogP contribution is 2.61. The maximum Gasteiger partial charge on any atom is 0.225 e. The first kappa shape index (κ1) is 20.9. The average Bonchev–Trinajstić information content (AvgIpc) is 2.62. The second kappa shape index (κ2) is 10.0. The molecule has 1 aliphatic heterocycles. The second-order valence-corrected chi connectivity index (χ2v) is 7.85. The molecule has 0 bridgehead atoms. The maximum absolute atomic E-state index is 8.81. The van der Waals surface area contributed by atoms with Gasteiger partial charge < -0.3 is 9.69 Å². The molecule has 1 spiro atoms. The van der Waals surface area contributed by atoms with Crippen molar-refractivity contribution < 1.29 is 4.79 Å². The van der Waals surface area contributed by atoms with Crippen LogP contribution in [0.25, 0.3) is 0 Å². The zero-order valence-electron chi connectivity index (χ0n) is 17.2. The van der Waals surface area contributed by atoms with E-state index >= 15 is 0 Å². The fraction of sp³-hybridized carbons (Fsp3) is 0.773. The summed E-state index contributed by atoms with van der Waals surface area (Å²) in [7, 11) is 0. The Bertz CT molecular complexity index is 523. The van der Waals surface area contributed by atoms with E-state index in [4.69, 9.17) is 4.79 Å². The van der Waals surface area contributed by atoms with Crippen LogP contribution >= 0.6 is 0 Å². The predicted octanol–water partition coefficient (Wildman–Crippen LogP) is 5.38. The minimum atomic E-state index is 0.741. The summed E-state index contributed by atoms with van der Waals surface area (Å²) in [6, 6.07) is 0. The van der Waals surface area contributed by atoms with E-state index in [0.717, 1.165) is 42.6 Å². The molecule has 4 nitrogen and oxygen atoms in total. The topological polar surface area (TPSA) is 46.1 Å². The first-order valence-electron chi connectivity index (χ1n) is 10.7. The van der Waals surface area contributed by atoms with E-state index in [1.165, 1.54) is 63.9 Å². The molecule has 0 unspecified atom stereocenters. The van der Waals surface area contributed by atoms with Gasteiger partial charge in [0, 0.05) is 25.5 Å². The van der Waals surface area contributed by atoms with Gasteiger partial charge in [-0.3, -0.25) is 0 Å². The molecule has 26 heavy (non-hydrogen) atoms. The SMILES string of the molecule is CC.CC=O.CCC1CCN(c2ncc(C3CC4(CCC4)C3)cn2)CC1. The van der Waals surface area contributed by atoms with Gasteiger partial charge in [0.15, 0.2) is 0 Å². The fourth-order valence-corrected chi connectivity index (χ4v) is 4.55. The van der Waals surface area contributed by atoms with E-state index in [-0.39, 0.29) is 0 Å². The number of carbonyl (C=O) groups is 1. The summed E-state index contributed by atoms with van der Waals surface area (Å²) in [5, 5.41) is 0. The van der Waals surface area contributed by atoms with Gasteiger partial charge in [0.25, 0.3) is 0 Å². The van der Waals surface area contributed by atoms with Gasteiger partial charge in [-0.05, 0) is 68.3 Å². The quantitative estimate of drug-likeness (QED) is 0.680. The molecule has 4 rings (SSSR count). The van der Waals surface area contributed by atoms with Gasteiger partial charge in [-0.1, -0.05) is 33.6 Å². The van der Waals surface area contributed by atoms with E-state index in [9.17, 15) is 0 Å². The number of aldehydes is 1. The Morgan fingerprint density at radius 3 is 2.12 bits per heavy atom. The van der Waals surface area contributed by atoms with Crippen molar-refractivity contribution in [2.75, 3.05) is 18.0 Å². The number of hydrogen-bond acceptors (Lipinski definition) is 4. The minimum absolute atomic E-state index is 0.741. The summed E-state index contributed by atoms with van der Waals surface area (Å²) >= 11 is 0. The number of rotatable bonds is 3. The van der Waals surface area contributed by atoms with Crippen LogP contribution in [0.1, 0.15) is 90.5 Å². The van der Waals surface area contributed by atoms with Gasteiger partial charge in [0.05, 0.1) is 0 Å². The molecule has 0 N–H and O–H groups in total.